The van der Waals surface area contributed by atoms with Gasteiger partial charge >= 0.3 is 5.97 Å². The average Bonchev–Trinajstić information content (AvgIpc) is 3.30. The van der Waals surface area contributed by atoms with E-state index in [4.69, 9.17) is 9.26 Å². The molecule has 29 heavy (non-hydrogen) atoms. The molecular formula is C21H17N3O5. The third kappa shape index (κ3) is 3.77. The lowest BCUT2D eigenvalue weighted by Crippen LogP contribution is -2.32. The highest BCUT2D eigenvalue weighted by atomic mass is 16.6. The van der Waals surface area contributed by atoms with E-state index in [9.17, 15) is 14.4 Å². The molecule has 4 rings (SSSR count). The van der Waals surface area contributed by atoms with Crippen molar-refractivity contribution in [3.8, 4) is 11.4 Å². The smallest absolute Gasteiger partial charge is 0.308 e. The van der Waals surface area contributed by atoms with Crippen LogP contribution in [-0.2, 0) is 16.1 Å². The number of fused-ring (bicyclic) bond motifs is 1. The van der Waals surface area contributed by atoms with Crippen LogP contribution in [0.5, 0.6) is 0 Å². The largest absolute Gasteiger partial charge is 0.456 e. The summed E-state index contributed by atoms with van der Waals surface area (Å²) in [7, 11) is 0. The average molecular weight is 391 g/mol. The fourth-order valence-electron chi connectivity index (χ4n) is 2.99. The van der Waals surface area contributed by atoms with Crippen LogP contribution in [0.1, 0.15) is 38.6 Å². The fourth-order valence-corrected chi connectivity index (χ4v) is 2.99. The number of esters is 1. The summed E-state index contributed by atoms with van der Waals surface area (Å²) in [5.74, 6) is -0.815. The number of nitrogens with zero attached hydrogens (tertiary/aromatic N) is 3. The molecule has 0 saturated carbocycles. The number of carbonyl (C=O) groups is 3. The predicted octanol–water partition coefficient (Wildman–Crippen LogP) is 2.77. The van der Waals surface area contributed by atoms with Gasteiger partial charge in [0.25, 0.3) is 17.7 Å². The number of rotatable bonds is 6. The molecule has 1 aliphatic heterocycles. The van der Waals surface area contributed by atoms with Gasteiger partial charge in [0.1, 0.15) is 0 Å². The standard InChI is InChI=1S/C21H17N3O5/c1-13-6-8-14(9-7-13)19-22-17(29-23-19)12-28-18(25)10-11-24-20(26)15-4-2-3-5-16(15)21(24)27/h2-9H,10-12H2,1H3. The Bertz CT molecular complexity index is 1050. The predicted molar refractivity (Wildman–Crippen MR) is 101 cm³/mol. The molecular weight excluding hydrogens is 374 g/mol. The minimum absolute atomic E-state index is 0.0520. The van der Waals surface area contributed by atoms with E-state index in [1.54, 1.807) is 24.3 Å². The third-order valence-corrected chi connectivity index (χ3v) is 4.55. The van der Waals surface area contributed by atoms with Gasteiger partial charge in [-0.05, 0) is 19.1 Å². The Balaban J connectivity index is 1.30. The number of aromatic nitrogens is 2. The van der Waals surface area contributed by atoms with E-state index in [2.05, 4.69) is 10.1 Å². The normalized spacial score (nSPS) is 12.9. The maximum Gasteiger partial charge on any atom is 0.308 e. The minimum atomic E-state index is -0.573. The zero-order chi connectivity index (χ0) is 20.4. The summed E-state index contributed by atoms with van der Waals surface area (Å²) in [5, 5.41) is 3.87. The highest BCUT2D eigenvalue weighted by molar-refractivity contribution is 6.21. The quantitative estimate of drug-likeness (QED) is 0.470. The van der Waals surface area contributed by atoms with Gasteiger partial charge in [-0.15, -0.1) is 0 Å². The summed E-state index contributed by atoms with van der Waals surface area (Å²) in [5.41, 5.74) is 2.60. The van der Waals surface area contributed by atoms with Crippen LogP contribution >= 0.6 is 0 Å². The van der Waals surface area contributed by atoms with Gasteiger partial charge in [-0.2, -0.15) is 4.98 Å². The number of amides is 2. The first-order chi connectivity index (χ1) is 14.0. The van der Waals surface area contributed by atoms with Crippen LogP contribution in [0.4, 0.5) is 0 Å². The minimum Gasteiger partial charge on any atom is -0.456 e. The molecule has 3 aromatic rings. The molecule has 0 aliphatic carbocycles. The van der Waals surface area contributed by atoms with Crippen molar-refractivity contribution < 1.29 is 23.6 Å². The van der Waals surface area contributed by atoms with Crippen LogP contribution in [0.3, 0.4) is 0 Å². The van der Waals surface area contributed by atoms with Crippen molar-refractivity contribution in [2.75, 3.05) is 6.54 Å². The van der Waals surface area contributed by atoms with Crippen LogP contribution in [0.15, 0.2) is 53.1 Å². The molecule has 0 unspecified atom stereocenters. The SMILES string of the molecule is Cc1ccc(-c2noc(COC(=O)CCN3C(=O)c4ccccc4C3=O)n2)cc1. The van der Waals surface area contributed by atoms with Crippen molar-refractivity contribution in [2.24, 2.45) is 0 Å². The maximum atomic E-state index is 12.3. The van der Waals surface area contributed by atoms with Gasteiger partial charge in [0, 0.05) is 12.1 Å². The van der Waals surface area contributed by atoms with Gasteiger partial charge in [0.2, 0.25) is 5.82 Å². The topological polar surface area (TPSA) is 103 Å². The zero-order valence-corrected chi connectivity index (χ0v) is 15.6. The number of hydrogen-bond acceptors (Lipinski definition) is 7. The van der Waals surface area contributed by atoms with Gasteiger partial charge in [-0.3, -0.25) is 19.3 Å². The molecule has 146 valence electrons. The second kappa shape index (κ2) is 7.67. The molecule has 8 nitrogen and oxygen atoms in total. The molecule has 2 heterocycles. The van der Waals surface area contributed by atoms with Crippen molar-refractivity contribution in [3.63, 3.8) is 0 Å². The van der Waals surface area contributed by atoms with E-state index in [0.717, 1.165) is 16.0 Å². The van der Waals surface area contributed by atoms with Gasteiger partial charge in [-0.25, -0.2) is 0 Å². The molecule has 2 amide bonds. The lowest BCUT2D eigenvalue weighted by atomic mass is 10.1. The third-order valence-electron chi connectivity index (χ3n) is 4.55. The second-order valence-corrected chi connectivity index (χ2v) is 6.60. The van der Waals surface area contributed by atoms with Crippen LogP contribution in [0.2, 0.25) is 0 Å². The number of ether oxygens (including phenoxy) is 1. The van der Waals surface area contributed by atoms with Crippen LogP contribution < -0.4 is 0 Å². The Morgan fingerprint density at radius 3 is 2.34 bits per heavy atom. The lowest BCUT2D eigenvalue weighted by Gasteiger charge is -2.12. The summed E-state index contributed by atoms with van der Waals surface area (Å²) in [6.45, 7) is 1.75. The van der Waals surface area contributed by atoms with Gasteiger partial charge in [-0.1, -0.05) is 47.1 Å². The first kappa shape index (κ1) is 18.5. The fraction of sp³-hybridized carbons (Fsp3) is 0.190. The Morgan fingerprint density at radius 2 is 1.69 bits per heavy atom. The number of aryl methyl sites for hydroxylation is 1. The molecule has 0 radical (unpaired) electrons. The zero-order valence-electron chi connectivity index (χ0n) is 15.6. The first-order valence-corrected chi connectivity index (χ1v) is 9.03. The van der Waals surface area contributed by atoms with E-state index in [1.165, 1.54) is 0 Å². The summed E-state index contributed by atoms with van der Waals surface area (Å²) in [4.78, 5) is 41.8. The molecule has 1 aromatic heterocycles. The van der Waals surface area contributed by atoms with Crippen molar-refractivity contribution >= 4 is 17.8 Å². The van der Waals surface area contributed by atoms with Crippen LogP contribution in [0.25, 0.3) is 11.4 Å². The number of benzene rings is 2. The monoisotopic (exact) mass is 391 g/mol. The van der Waals surface area contributed by atoms with Crippen LogP contribution in [-0.4, -0.2) is 39.4 Å². The van der Waals surface area contributed by atoms with E-state index in [-0.39, 0.29) is 25.5 Å². The molecule has 2 aromatic carbocycles. The highest BCUT2D eigenvalue weighted by Crippen LogP contribution is 2.22. The number of imide groups is 1. The van der Waals surface area contributed by atoms with Gasteiger partial charge in [0.05, 0.1) is 17.5 Å². The van der Waals surface area contributed by atoms with E-state index < -0.39 is 17.8 Å². The number of carbonyl (C=O) groups excluding carboxylic acids is 3. The van der Waals surface area contributed by atoms with Gasteiger partial charge < -0.3 is 9.26 Å². The molecule has 0 bridgehead atoms. The van der Waals surface area contributed by atoms with E-state index in [0.29, 0.717) is 17.0 Å². The van der Waals surface area contributed by atoms with E-state index in [1.807, 2.05) is 31.2 Å². The Morgan fingerprint density at radius 1 is 1.03 bits per heavy atom. The summed E-state index contributed by atoms with van der Waals surface area (Å²) in [6, 6.07) is 14.2. The Labute approximate surface area is 166 Å². The van der Waals surface area contributed by atoms with Crippen LogP contribution in [0, 0.1) is 6.92 Å². The summed E-state index contributed by atoms with van der Waals surface area (Å²) < 4.78 is 10.2. The Hall–Kier alpha value is -3.81. The molecule has 0 N–H and O–H groups in total. The number of hydrogen-bond donors (Lipinski definition) is 0. The first-order valence-electron chi connectivity index (χ1n) is 9.03. The highest BCUT2D eigenvalue weighted by Gasteiger charge is 2.35. The van der Waals surface area contributed by atoms with E-state index >= 15 is 0 Å². The molecule has 0 spiro atoms. The maximum absolute atomic E-state index is 12.3. The molecule has 0 saturated heterocycles. The Kier molecular flexibility index (Phi) is 4.90. The molecule has 0 atom stereocenters. The summed E-state index contributed by atoms with van der Waals surface area (Å²) in [6.07, 6.45) is -0.121. The van der Waals surface area contributed by atoms with Crippen molar-refractivity contribution in [2.45, 2.75) is 20.0 Å². The lowest BCUT2D eigenvalue weighted by molar-refractivity contribution is -0.145. The summed E-state index contributed by atoms with van der Waals surface area (Å²) >= 11 is 0. The van der Waals surface area contributed by atoms with Crippen molar-refractivity contribution in [3.05, 3.63) is 71.1 Å². The molecule has 8 heteroatoms. The van der Waals surface area contributed by atoms with Crippen molar-refractivity contribution in [1.29, 1.82) is 0 Å². The van der Waals surface area contributed by atoms with Gasteiger partial charge in [0.15, 0.2) is 6.61 Å². The molecule has 0 fully saturated rings. The molecule has 1 aliphatic rings. The van der Waals surface area contributed by atoms with Crippen molar-refractivity contribution in [1.82, 2.24) is 15.0 Å². The second-order valence-electron chi connectivity index (χ2n) is 6.60.